The molecule has 0 rings (SSSR count). The highest BCUT2D eigenvalue weighted by Crippen LogP contribution is 2.24. The van der Waals surface area contributed by atoms with Crippen molar-refractivity contribution in [2.24, 2.45) is 11.7 Å². The summed E-state index contributed by atoms with van der Waals surface area (Å²) >= 11 is 0. The standard InChI is InChI=1S/C10H20F3NO2/c1-8(2)7-15-5-6-16-9(3-4-14)10(11,12)13/h8-9H,3-7,14H2,1-2H3. The molecule has 0 aliphatic heterocycles. The normalized spacial score (nSPS) is 14.4. The van der Waals surface area contributed by atoms with Crippen molar-refractivity contribution in [1.29, 1.82) is 0 Å². The van der Waals surface area contributed by atoms with Crippen molar-refractivity contribution in [2.75, 3.05) is 26.4 Å². The van der Waals surface area contributed by atoms with Crippen LogP contribution in [-0.2, 0) is 9.47 Å². The Morgan fingerprint density at radius 1 is 1.19 bits per heavy atom. The minimum absolute atomic E-state index is 0.0446. The Balaban J connectivity index is 3.69. The SMILES string of the molecule is CC(C)COCCOC(CCN)C(F)(F)F. The van der Waals surface area contributed by atoms with E-state index in [9.17, 15) is 13.2 Å². The highest BCUT2D eigenvalue weighted by molar-refractivity contribution is 4.67. The first kappa shape index (κ1) is 15.7. The summed E-state index contributed by atoms with van der Waals surface area (Å²) in [6.45, 7) is 4.53. The zero-order valence-corrected chi connectivity index (χ0v) is 9.72. The molecule has 2 N–H and O–H groups in total. The van der Waals surface area contributed by atoms with Gasteiger partial charge in [0.1, 0.15) is 0 Å². The predicted molar refractivity (Wildman–Crippen MR) is 55.1 cm³/mol. The van der Waals surface area contributed by atoms with Crippen LogP contribution >= 0.6 is 0 Å². The number of rotatable bonds is 8. The Hall–Kier alpha value is -0.330. The molecule has 0 saturated heterocycles. The second-order valence-corrected chi connectivity index (χ2v) is 3.95. The van der Waals surface area contributed by atoms with E-state index in [4.69, 9.17) is 15.2 Å². The Morgan fingerprint density at radius 3 is 2.25 bits per heavy atom. The molecule has 16 heavy (non-hydrogen) atoms. The zero-order chi connectivity index (χ0) is 12.6. The molecule has 1 unspecified atom stereocenters. The van der Waals surface area contributed by atoms with E-state index in [1.54, 1.807) is 0 Å². The molecule has 0 radical (unpaired) electrons. The molecule has 0 aliphatic rings. The van der Waals surface area contributed by atoms with E-state index in [2.05, 4.69) is 0 Å². The Morgan fingerprint density at radius 2 is 1.81 bits per heavy atom. The van der Waals surface area contributed by atoms with Crippen molar-refractivity contribution in [3.05, 3.63) is 0 Å². The quantitative estimate of drug-likeness (QED) is 0.663. The average Bonchev–Trinajstić information content (AvgIpc) is 2.13. The van der Waals surface area contributed by atoms with Crippen molar-refractivity contribution in [1.82, 2.24) is 0 Å². The van der Waals surface area contributed by atoms with Gasteiger partial charge in [-0.15, -0.1) is 0 Å². The van der Waals surface area contributed by atoms with Gasteiger partial charge < -0.3 is 15.2 Å². The summed E-state index contributed by atoms with van der Waals surface area (Å²) in [6, 6.07) is 0. The third-order valence-electron chi connectivity index (χ3n) is 1.79. The maximum Gasteiger partial charge on any atom is 0.414 e. The van der Waals surface area contributed by atoms with Crippen LogP contribution in [0.3, 0.4) is 0 Å². The molecule has 0 aromatic rings. The molecule has 0 aromatic carbocycles. The largest absolute Gasteiger partial charge is 0.414 e. The van der Waals surface area contributed by atoms with E-state index in [1.807, 2.05) is 13.8 Å². The number of nitrogens with two attached hydrogens (primary N) is 1. The van der Waals surface area contributed by atoms with Crippen molar-refractivity contribution >= 4 is 0 Å². The lowest BCUT2D eigenvalue weighted by Crippen LogP contribution is -2.34. The molecule has 3 nitrogen and oxygen atoms in total. The van der Waals surface area contributed by atoms with Crippen LogP contribution < -0.4 is 5.73 Å². The maximum absolute atomic E-state index is 12.3. The zero-order valence-electron chi connectivity index (χ0n) is 9.72. The lowest BCUT2D eigenvalue weighted by molar-refractivity contribution is -0.224. The van der Waals surface area contributed by atoms with Crippen LogP contribution in [0.25, 0.3) is 0 Å². The highest BCUT2D eigenvalue weighted by Gasteiger charge is 2.39. The third-order valence-corrected chi connectivity index (χ3v) is 1.79. The Kier molecular flexibility index (Phi) is 7.70. The van der Waals surface area contributed by atoms with Crippen LogP contribution in [0, 0.1) is 5.92 Å². The topological polar surface area (TPSA) is 44.5 Å². The van der Waals surface area contributed by atoms with Crippen molar-refractivity contribution < 1.29 is 22.6 Å². The molecule has 0 bridgehead atoms. The van der Waals surface area contributed by atoms with E-state index in [0.717, 1.165) is 0 Å². The predicted octanol–water partition coefficient (Wildman–Crippen LogP) is 1.96. The van der Waals surface area contributed by atoms with Gasteiger partial charge in [0.25, 0.3) is 0 Å². The van der Waals surface area contributed by atoms with E-state index in [0.29, 0.717) is 12.5 Å². The van der Waals surface area contributed by atoms with Gasteiger partial charge in [0.2, 0.25) is 0 Å². The van der Waals surface area contributed by atoms with E-state index >= 15 is 0 Å². The maximum atomic E-state index is 12.3. The summed E-state index contributed by atoms with van der Waals surface area (Å²) in [5.41, 5.74) is 5.08. The van der Waals surface area contributed by atoms with E-state index < -0.39 is 12.3 Å². The molecule has 0 heterocycles. The smallest absolute Gasteiger partial charge is 0.379 e. The second-order valence-electron chi connectivity index (χ2n) is 3.95. The van der Waals surface area contributed by atoms with Gasteiger partial charge in [-0.1, -0.05) is 13.8 Å². The van der Waals surface area contributed by atoms with Gasteiger partial charge >= 0.3 is 6.18 Å². The molecule has 0 amide bonds. The summed E-state index contributed by atoms with van der Waals surface area (Å²) in [6.07, 6.45) is -6.34. The van der Waals surface area contributed by atoms with Gasteiger partial charge in [-0.2, -0.15) is 13.2 Å². The summed E-state index contributed by atoms with van der Waals surface area (Å²) < 4.78 is 46.8. The number of alkyl halides is 3. The van der Waals surface area contributed by atoms with Gasteiger partial charge in [-0.25, -0.2) is 0 Å². The summed E-state index contributed by atoms with van der Waals surface area (Å²) in [5, 5.41) is 0. The lowest BCUT2D eigenvalue weighted by atomic mass is 10.2. The van der Waals surface area contributed by atoms with Crippen molar-refractivity contribution in [3.63, 3.8) is 0 Å². The van der Waals surface area contributed by atoms with E-state index in [1.165, 1.54) is 0 Å². The fourth-order valence-electron chi connectivity index (χ4n) is 1.06. The Bertz CT molecular complexity index is 174. The van der Waals surface area contributed by atoms with Crippen LogP contribution in [0.1, 0.15) is 20.3 Å². The minimum atomic E-state index is -4.35. The number of ether oxygens (including phenoxy) is 2. The van der Waals surface area contributed by atoms with Crippen LogP contribution in [0.15, 0.2) is 0 Å². The highest BCUT2D eigenvalue weighted by atomic mass is 19.4. The third kappa shape index (κ3) is 7.90. The fraction of sp³-hybridized carbons (Fsp3) is 1.00. The van der Waals surface area contributed by atoms with Crippen LogP contribution in [-0.4, -0.2) is 38.6 Å². The first-order valence-corrected chi connectivity index (χ1v) is 5.34. The molecule has 0 aliphatic carbocycles. The van der Waals surface area contributed by atoms with Crippen LogP contribution in [0.4, 0.5) is 13.2 Å². The molecular formula is C10H20F3NO2. The van der Waals surface area contributed by atoms with Gasteiger partial charge in [-0.05, 0) is 18.9 Å². The molecule has 0 aromatic heterocycles. The summed E-state index contributed by atoms with van der Waals surface area (Å²) in [5.74, 6) is 0.363. The van der Waals surface area contributed by atoms with Crippen molar-refractivity contribution in [3.8, 4) is 0 Å². The van der Waals surface area contributed by atoms with Gasteiger partial charge in [0.05, 0.1) is 13.2 Å². The van der Waals surface area contributed by atoms with Crippen molar-refractivity contribution in [2.45, 2.75) is 32.5 Å². The fourth-order valence-corrected chi connectivity index (χ4v) is 1.06. The minimum Gasteiger partial charge on any atom is -0.379 e. The number of halogens is 3. The van der Waals surface area contributed by atoms with Gasteiger partial charge in [0, 0.05) is 6.61 Å². The molecule has 98 valence electrons. The second kappa shape index (κ2) is 7.86. The molecular weight excluding hydrogens is 223 g/mol. The summed E-state index contributed by atoms with van der Waals surface area (Å²) in [4.78, 5) is 0. The number of hydrogen-bond acceptors (Lipinski definition) is 3. The van der Waals surface area contributed by atoms with Crippen LogP contribution in [0.5, 0.6) is 0 Å². The van der Waals surface area contributed by atoms with E-state index in [-0.39, 0.29) is 26.2 Å². The monoisotopic (exact) mass is 243 g/mol. The molecule has 0 spiro atoms. The number of hydrogen-bond donors (Lipinski definition) is 1. The van der Waals surface area contributed by atoms with Gasteiger partial charge in [0.15, 0.2) is 6.10 Å². The first-order chi connectivity index (χ1) is 7.38. The van der Waals surface area contributed by atoms with Crippen LogP contribution in [0.2, 0.25) is 0 Å². The first-order valence-electron chi connectivity index (χ1n) is 5.34. The Labute approximate surface area is 94.1 Å². The molecule has 0 fully saturated rings. The van der Waals surface area contributed by atoms with Gasteiger partial charge in [-0.3, -0.25) is 0 Å². The average molecular weight is 243 g/mol. The molecule has 0 saturated carbocycles. The molecule has 1 atom stereocenters. The molecule has 6 heteroatoms. The lowest BCUT2D eigenvalue weighted by Gasteiger charge is -2.20. The summed E-state index contributed by atoms with van der Waals surface area (Å²) in [7, 11) is 0.